The van der Waals surface area contributed by atoms with Crippen molar-refractivity contribution in [3.8, 4) is 0 Å². The molecule has 0 radical (unpaired) electrons. The summed E-state index contributed by atoms with van der Waals surface area (Å²) in [6.45, 7) is 0. The lowest BCUT2D eigenvalue weighted by Gasteiger charge is -2.04. The van der Waals surface area contributed by atoms with E-state index >= 15 is 0 Å². The fourth-order valence-corrected chi connectivity index (χ4v) is 2.83. The van der Waals surface area contributed by atoms with Crippen LogP contribution in [0.15, 0.2) is 72.8 Å². The number of para-hydroxylation sites is 2. The van der Waals surface area contributed by atoms with Crippen LogP contribution in [0.5, 0.6) is 0 Å². The Hall–Kier alpha value is -3.26. The van der Waals surface area contributed by atoms with Crippen LogP contribution in [0.2, 0.25) is 0 Å². The Morgan fingerprint density at radius 3 is 1.27 bits per heavy atom. The first-order valence-corrected chi connectivity index (χ1v) is 8.80. The minimum Gasteiger partial charge on any atom is -0.388 e. The SMILES string of the molecule is CNc1ccccc1C=Cc1ccc(C=Cc2ccccc2NC)cc1. The maximum absolute atomic E-state index is 3.22. The Labute approximate surface area is 155 Å². The molecule has 0 fully saturated rings. The number of anilines is 2. The molecule has 2 heteroatoms. The largest absolute Gasteiger partial charge is 0.388 e. The van der Waals surface area contributed by atoms with E-state index in [1.165, 1.54) is 22.3 Å². The van der Waals surface area contributed by atoms with Gasteiger partial charge in [0.1, 0.15) is 0 Å². The number of nitrogens with one attached hydrogen (secondary N) is 2. The lowest BCUT2D eigenvalue weighted by Crippen LogP contribution is -1.90. The molecule has 0 aliphatic rings. The summed E-state index contributed by atoms with van der Waals surface area (Å²) in [7, 11) is 3.89. The summed E-state index contributed by atoms with van der Waals surface area (Å²) < 4.78 is 0. The molecule has 0 bridgehead atoms. The van der Waals surface area contributed by atoms with Gasteiger partial charge in [-0.1, -0.05) is 85.0 Å². The molecular formula is C24H24N2. The van der Waals surface area contributed by atoms with Gasteiger partial charge in [-0.25, -0.2) is 0 Å². The van der Waals surface area contributed by atoms with Crippen molar-refractivity contribution < 1.29 is 0 Å². The van der Waals surface area contributed by atoms with Gasteiger partial charge in [-0.15, -0.1) is 0 Å². The van der Waals surface area contributed by atoms with Crippen LogP contribution in [0.3, 0.4) is 0 Å². The molecule has 0 spiro atoms. The predicted octanol–water partition coefficient (Wildman–Crippen LogP) is 6.11. The first-order chi connectivity index (χ1) is 12.8. The molecule has 3 rings (SSSR count). The molecule has 130 valence electrons. The van der Waals surface area contributed by atoms with Gasteiger partial charge in [-0.05, 0) is 34.4 Å². The lowest BCUT2D eigenvalue weighted by molar-refractivity contribution is 1.49. The van der Waals surface area contributed by atoms with Crippen molar-refractivity contribution in [1.82, 2.24) is 0 Å². The van der Waals surface area contributed by atoms with Gasteiger partial charge in [0.05, 0.1) is 0 Å². The first kappa shape index (κ1) is 17.6. The maximum atomic E-state index is 3.22. The topological polar surface area (TPSA) is 24.1 Å². The van der Waals surface area contributed by atoms with Crippen molar-refractivity contribution in [1.29, 1.82) is 0 Å². The summed E-state index contributed by atoms with van der Waals surface area (Å²) in [6, 6.07) is 25.1. The van der Waals surface area contributed by atoms with Crippen molar-refractivity contribution >= 4 is 35.7 Å². The second-order valence-corrected chi connectivity index (χ2v) is 6.01. The fourth-order valence-electron chi connectivity index (χ4n) is 2.83. The highest BCUT2D eigenvalue weighted by atomic mass is 14.8. The molecule has 0 aliphatic carbocycles. The Balaban J connectivity index is 1.72. The number of hydrogen-bond acceptors (Lipinski definition) is 2. The van der Waals surface area contributed by atoms with E-state index in [0.717, 1.165) is 11.4 Å². The van der Waals surface area contributed by atoms with Crippen molar-refractivity contribution in [2.45, 2.75) is 0 Å². The maximum Gasteiger partial charge on any atom is 0.0411 e. The predicted molar refractivity (Wildman–Crippen MR) is 116 cm³/mol. The molecule has 0 unspecified atom stereocenters. The minimum atomic E-state index is 1.13. The average Bonchev–Trinajstić information content (AvgIpc) is 2.72. The quantitative estimate of drug-likeness (QED) is 0.529. The van der Waals surface area contributed by atoms with E-state index in [0.29, 0.717) is 0 Å². The molecule has 0 saturated heterocycles. The third-order valence-corrected chi connectivity index (χ3v) is 4.31. The number of rotatable bonds is 6. The van der Waals surface area contributed by atoms with E-state index < -0.39 is 0 Å². The van der Waals surface area contributed by atoms with Gasteiger partial charge in [0.15, 0.2) is 0 Å². The zero-order valence-electron chi connectivity index (χ0n) is 15.2. The Kier molecular flexibility index (Phi) is 5.89. The van der Waals surface area contributed by atoms with Gasteiger partial charge in [-0.3, -0.25) is 0 Å². The Morgan fingerprint density at radius 1 is 0.500 bits per heavy atom. The summed E-state index contributed by atoms with van der Waals surface area (Å²) in [5, 5.41) is 6.43. The van der Waals surface area contributed by atoms with E-state index in [2.05, 4.69) is 95.6 Å². The smallest absolute Gasteiger partial charge is 0.0411 e. The average molecular weight is 340 g/mol. The van der Waals surface area contributed by atoms with Crippen molar-refractivity contribution in [3.05, 3.63) is 95.1 Å². The molecule has 3 aromatic carbocycles. The van der Waals surface area contributed by atoms with Crippen LogP contribution >= 0.6 is 0 Å². The molecule has 0 aromatic heterocycles. The van der Waals surface area contributed by atoms with Gasteiger partial charge in [0, 0.05) is 25.5 Å². The molecule has 3 aromatic rings. The van der Waals surface area contributed by atoms with Gasteiger partial charge in [0.2, 0.25) is 0 Å². The second kappa shape index (κ2) is 8.72. The monoisotopic (exact) mass is 340 g/mol. The summed E-state index contributed by atoms with van der Waals surface area (Å²) in [5.41, 5.74) is 7.00. The molecule has 26 heavy (non-hydrogen) atoms. The van der Waals surface area contributed by atoms with E-state index in [4.69, 9.17) is 0 Å². The van der Waals surface area contributed by atoms with Crippen LogP contribution in [0, 0.1) is 0 Å². The van der Waals surface area contributed by atoms with Crippen LogP contribution < -0.4 is 10.6 Å². The molecule has 0 heterocycles. The fraction of sp³-hybridized carbons (Fsp3) is 0.0833. The molecule has 2 N–H and O–H groups in total. The van der Waals surface area contributed by atoms with Crippen LogP contribution in [-0.4, -0.2) is 14.1 Å². The van der Waals surface area contributed by atoms with E-state index in [1.807, 2.05) is 26.2 Å². The zero-order valence-corrected chi connectivity index (χ0v) is 15.2. The zero-order chi connectivity index (χ0) is 18.2. The van der Waals surface area contributed by atoms with Crippen LogP contribution in [0.25, 0.3) is 24.3 Å². The van der Waals surface area contributed by atoms with Gasteiger partial charge in [0.25, 0.3) is 0 Å². The van der Waals surface area contributed by atoms with Crippen LogP contribution in [-0.2, 0) is 0 Å². The molecule has 2 nitrogen and oxygen atoms in total. The van der Waals surface area contributed by atoms with Crippen molar-refractivity contribution in [2.75, 3.05) is 24.7 Å². The Bertz CT molecular complexity index is 829. The summed E-state index contributed by atoms with van der Waals surface area (Å²) in [5.74, 6) is 0. The second-order valence-electron chi connectivity index (χ2n) is 6.01. The van der Waals surface area contributed by atoms with Gasteiger partial charge >= 0.3 is 0 Å². The summed E-state index contributed by atoms with van der Waals surface area (Å²) >= 11 is 0. The number of benzene rings is 3. The third kappa shape index (κ3) is 4.42. The molecule has 0 aliphatic heterocycles. The summed E-state index contributed by atoms with van der Waals surface area (Å²) in [4.78, 5) is 0. The van der Waals surface area contributed by atoms with Crippen LogP contribution in [0.4, 0.5) is 11.4 Å². The van der Waals surface area contributed by atoms with Gasteiger partial charge < -0.3 is 10.6 Å². The lowest BCUT2D eigenvalue weighted by atomic mass is 10.1. The number of hydrogen-bond donors (Lipinski definition) is 2. The Morgan fingerprint density at radius 2 is 0.885 bits per heavy atom. The molecule has 0 saturated carbocycles. The van der Waals surface area contributed by atoms with Crippen LogP contribution in [0.1, 0.15) is 22.3 Å². The minimum absolute atomic E-state index is 1.13. The van der Waals surface area contributed by atoms with E-state index in [1.54, 1.807) is 0 Å². The highest BCUT2D eigenvalue weighted by Gasteiger charge is 1.96. The molecular weight excluding hydrogens is 316 g/mol. The first-order valence-electron chi connectivity index (χ1n) is 8.80. The highest BCUT2D eigenvalue weighted by molar-refractivity contribution is 5.78. The highest BCUT2D eigenvalue weighted by Crippen LogP contribution is 2.19. The van der Waals surface area contributed by atoms with Gasteiger partial charge in [-0.2, -0.15) is 0 Å². The standard InChI is InChI=1S/C24H24N2/c1-25-23-9-5-3-7-21(23)17-15-19-11-13-20(14-12-19)16-18-22-8-4-6-10-24(22)26-2/h3-18,25-26H,1-2H3. The molecule has 0 atom stereocenters. The summed E-state index contributed by atoms with van der Waals surface area (Å²) in [6.07, 6.45) is 8.56. The van der Waals surface area contributed by atoms with E-state index in [-0.39, 0.29) is 0 Å². The molecule has 0 amide bonds. The normalized spacial score (nSPS) is 11.2. The van der Waals surface area contributed by atoms with Crippen molar-refractivity contribution in [2.24, 2.45) is 0 Å². The third-order valence-electron chi connectivity index (χ3n) is 4.31. The van der Waals surface area contributed by atoms with E-state index in [9.17, 15) is 0 Å². The van der Waals surface area contributed by atoms with Crippen molar-refractivity contribution in [3.63, 3.8) is 0 Å².